The fourth-order valence-corrected chi connectivity index (χ4v) is 3.77. The maximum atomic E-state index is 11.4. The average Bonchev–Trinajstić information content (AvgIpc) is 2.53. The molecular formula is C10H11N3O2S. The van der Waals surface area contributed by atoms with Gasteiger partial charge in [0.1, 0.15) is 11.8 Å². The Bertz CT molecular complexity index is 590. The van der Waals surface area contributed by atoms with Gasteiger partial charge >= 0.3 is 0 Å². The van der Waals surface area contributed by atoms with Crippen molar-refractivity contribution in [3.05, 3.63) is 17.0 Å². The van der Waals surface area contributed by atoms with Crippen molar-refractivity contribution in [1.82, 2.24) is 9.78 Å². The van der Waals surface area contributed by atoms with E-state index >= 15 is 0 Å². The Labute approximate surface area is 93.6 Å². The van der Waals surface area contributed by atoms with Gasteiger partial charge in [0.2, 0.25) is 0 Å². The summed E-state index contributed by atoms with van der Waals surface area (Å²) in [5, 5.41) is 13.4. The van der Waals surface area contributed by atoms with Crippen LogP contribution in [0.2, 0.25) is 0 Å². The number of rotatable bonds is 1. The van der Waals surface area contributed by atoms with E-state index in [9.17, 15) is 8.42 Å². The zero-order valence-electron chi connectivity index (χ0n) is 8.68. The summed E-state index contributed by atoms with van der Waals surface area (Å²) in [7, 11) is -3.05. The van der Waals surface area contributed by atoms with Crippen LogP contribution < -0.4 is 0 Å². The fourth-order valence-electron chi connectivity index (χ4n) is 2.28. The van der Waals surface area contributed by atoms with Crippen molar-refractivity contribution < 1.29 is 8.42 Å². The monoisotopic (exact) mass is 237 g/mol. The summed E-state index contributed by atoms with van der Waals surface area (Å²) in [5.41, 5.74) is 1.68. The largest absolute Gasteiger partial charge is 0.251 e. The van der Waals surface area contributed by atoms with E-state index in [1.54, 1.807) is 4.68 Å². The molecule has 0 aromatic carbocycles. The highest BCUT2D eigenvalue weighted by atomic mass is 32.2. The minimum Gasteiger partial charge on any atom is -0.251 e. The topological polar surface area (TPSA) is 75.8 Å². The molecule has 0 unspecified atom stereocenters. The number of aromatic nitrogens is 2. The van der Waals surface area contributed by atoms with E-state index in [4.69, 9.17) is 5.26 Å². The summed E-state index contributed by atoms with van der Waals surface area (Å²) in [5.74, 6) is -0.0192. The molecule has 0 N–H and O–H groups in total. The number of hydrogen-bond donors (Lipinski definition) is 0. The quantitative estimate of drug-likeness (QED) is 0.727. The van der Waals surface area contributed by atoms with E-state index in [1.807, 2.05) is 0 Å². The molecule has 6 heteroatoms. The van der Waals surface area contributed by atoms with Gasteiger partial charge in [-0.3, -0.25) is 4.68 Å². The van der Waals surface area contributed by atoms with Crippen LogP contribution in [0, 0.1) is 11.3 Å². The van der Waals surface area contributed by atoms with Crippen molar-refractivity contribution in [2.75, 3.05) is 0 Å². The maximum absolute atomic E-state index is 11.4. The molecule has 3 rings (SSSR count). The second kappa shape index (κ2) is 3.08. The molecule has 0 saturated heterocycles. The van der Waals surface area contributed by atoms with Crippen molar-refractivity contribution in [2.24, 2.45) is 0 Å². The van der Waals surface area contributed by atoms with Gasteiger partial charge in [-0.2, -0.15) is 10.4 Å². The Kier molecular flexibility index (Phi) is 1.89. The minimum atomic E-state index is -3.05. The van der Waals surface area contributed by atoms with Crippen LogP contribution in [0.1, 0.15) is 42.3 Å². The predicted octanol–water partition coefficient (Wildman–Crippen LogP) is 0.908. The van der Waals surface area contributed by atoms with E-state index in [1.165, 1.54) is 6.42 Å². The molecule has 0 bridgehead atoms. The van der Waals surface area contributed by atoms with Gasteiger partial charge in [0.15, 0.2) is 9.84 Å². The molecule has 5 nitrogen and oxygen atoms in total. The molecule has 2 heterocycles. The van der Waals surface area contributed by atoms with Crippen molar-refractivity contribution in [1.29, 1.82) is 5.26 Å². The van der Waals surface area contributed by atoms with Crippen LogP contribution in [0.15, 0.2) is 0 Å². The highest BCUT2D eigenvalue weighted by molar-refractivity contribution is 7.90. The van der Waals surface area contributed by atoms with Gasteiger partial charge in [-0.1, -0.05) is 0 Å². The predicted molar refractivity (Wildman–Crippen MR) is 56.2 cm³/mol. The third-order valence-electron chi connectivity index (χ3n) is 3.34. The highest BCUT2D eigenvalue weighted by Crippen LogP contribution is 2.36. The molecule has 0 amide bonds. The van der Waals surface area contributed by atoms with Crippen molar-refractivity contribution in [3.8, 4) is 6.07 Å². The molecule has 0 atom stereocenters. The van der Waals surface area contributed by atoms with Crippen molar-refractivity contribution in [2.45, 2.75) is 36.8 Å². The van der Waals surface area contributed by atoms with Crippen molar-refractivity contribution >= 4 is 9.84 Å². The number of nitriles is 1. The summed E-state index contributed by atoms with van der Waals surface area (Å²) >= 11 is 0. The second-order valence-corrected chi connectivity index (χ2v) is 6.51. The lowest BCUT2D eigenvalue weighted by Gasteiger charge is -2.26. The van der Waals surface area contributed by atoms with Crippen LogP contribution in [0.3, 0.4) is 0 Å². The Morgan fingerprint density at radius 1 is 1.38 bits per heavy atom. The lowest BCUT2D eigenvalue weighted by atomic mass is 9.93. The zero-order chi connectivity index (χ0) is 11.3. The lowest BCUT2D eigenvalue weighted by molar-refractivity contribution is 0.286. The van der Waals surface area contributed by atoms with Crippen LogP contribution in [0.5, 0.6) is 0 Å². The molecule has 1 aliphatic carbocycles. The molecule has 2 aliphatic rings. The minimum absolute atomic E-state index is 0.00324. The van der Waals surface area contributed by atoms with Gasteiger partial charge < -0.3 is 0 Å². The third kappa shape index (κ3) is 1.28. The average molecular weight is 237 g/mol. The number of sulfone groups is 1. The normalized spacial score (nSPS) is 22.4. The summed E-state index contributed by atoms with van der Waals surface area (Å²) in [6, 6.07) is 2.41. The van der Waals surface area contributed by atoms with E-state index < -0.39 is 9.84 Å². The van der Waals surface area contributed by atoms with Gasteiger partial charge in [-0.05, 0) is 19.3 Å². The molecule has 0 radical (unpaired) electrons. The molecular weight excluding hydrogens is 226 g/mol. The first-order valence-electron chi connectivity index (χ1n) is 5.31. The Morgan fingerprint density at radius 2 is 2.12 bits per heavy atom. The Morgan fingerprint density at radius 3 is 2.69 bits per heavy atom. The third-order valence-corrected chi connectivity index (χ3v) is 4.78. The van der Waals surface area contributed by atoms with E-state index in [-0.39, 0.29) is 11.5 Å². The first kappa shape index (κ1) is 9.85. The molecule has 16 heavy (non-hydrogen) atoms. The maximum Gasteiger partial charge on any atom is 0.160 e. The highest BCUT2D eigenvalue weighted by Gasteiger charge is 2.34. The van der Waals surface area contributed by atoms with Gasteiger partial charge in [-0.25, -0.2) is 8.42 Å². The van der Waals surface area contributed by atoms with Gasteiger partial charge in [0.25, 0.3) is 0 Å². The number of hydrogen-bond acceptors (Lipinski definition) is 4. The van der Waals surface area contributed by atoms with Gasteiger partial charge in [-0.15, -0.1) is 0 Å². The van der Waals surface area contributed by atoms with Gasteiger partial charge in [0, 0.05) is 5.56 Å². The lowest BCUT2D eigenvalue weighted by Crippen LogP contribution is -2.20. The smallest absolute Gasteiger partial charge is 0.160 e. The van der Waals surface area contributed by atoms with Crippen molar-refractivity contribution in [3.63, 3.8) is 0 Å². The van der Waals surface area contributed by atoms with Crippen LogP contribution in [0.25, 0.3) is 0 Å². The molecule has 1 fully saturated rings. The summed E-state index contributed by atoms with van der Waals surface area (Å²) < 4.78 is 24.6. The first-order chi connectivity index (χ1) is 7.61. The molecule has 1 aliphatic heterocycles. The molecule has 84 valence electrons. The van der Waals surface area contributed by atoms with Crippen LogP contribution in [-0.4, -0.2) is 18.2 Å². The Hall–Kier alpha value is -1.35. The standard InChI is InChI=1S/C10H11N3O2S/c11-4-10-8-5-16(14,15)6-9(8)12-13(10)7-2-1-3-7/h7H,1-3,5-6H2. The van der Waals surface area contributed by atoms with E-state index in [0.29, 0.717) is 23.0 Å². The molecule has 0 spiro atoms. The van der Waals surface area contributed by atoms with Crippen LogP contribution >= 0.6 is 0 Å². The fraction of sp³-hybridized carbons (Fsp3) is 0.600. The van der Waals surface area contributed by atoms with E-state index in [0.717, 1.165) is 12.8 Å². The summed E-state index contributed by atoms with van der Waals surface area (Å²) in [6.07, 6.45) is 3.25. The van der Waals surface area contributed by atoms with E-state index in [2.05, 4.69) is 11.2 Å². The van der Waals surface area contributed by atoms with Crippen LogP contribution in [0.4, 0.5) is 0 Å². The molecule has 1 aromatic heterocycles. The number of nitrogens with zero attached hydrogens (tertiary/aromatic N) is 3. The Balaban J connectivity index is 2.10. The summed E-state index contributed by atoms with van der Waals surface area (Å²) in [4.78, 5) is 0. The summed E-state index contributed by atoms with van der Waals surface area (Å²) in [6.45, 7) is 0. The second-order valence-electron chi connectivity index (χ2n) is 4.45. The molecule has 1 aromatic rings. The molecule has 1 saturated carbocycles. The van der Waals surface area contributed by atoms with Crippen LogP contribution in [-0.2, 0) is 21.3 Å². The number of fused-ring (bicyclic) bond motifs is 1. The zero-order valence-corrected chi connectivity index (χ0v) is 9.50. The first-order valence-corrected chi connectivity index (χ1v) is 7.13. The SMILES string of the molecule is N#Cc1c2c(nn1C1CCC1)CS(=O)(=O)C2. The van der Waals surface area contributed by atoms with Gasteiger partial charge in [0.05, 0.1) is 23.2 Å².